The average molecular weight is 285 g/mol. The third kappa shape index (κ3) is 4.40. The van der Waals surface area contributed by atoms with Crippen molar-refractivity contribution in [3.63, 3.8) is 0 Å². The van der Waals surface area contributed by atoms with Gasteiger partial charge in [0.25, 0.3) is 0 Å². The monoisotopic (exact) mass is 285 g/mol. The zero-order chi connectivity index (χ0) is 15.1. The van der Waals surface area contributed by atoms with Crippen LogP contribution in [0.25, 0.3) is 0 Å². The summed E-state index contributed by atoms with van der Waals surface area (Å²) in [4.78, 5) is 37.5. The van der Waals surface area contributed by atoms with E-state index in [0.29, 0.717) is 26.1 Å². The largest absolute Gasteiger partial charge is 0.481 e. The van der Waals surface area contributed by atoms with Gasteiger partial charge in [-0.2, -0.15) is 0 Å². The van der Waals surface area contributed by atoms with Crippen molar-refractivity contribution in [1.82, 2.24) is 15.1 Å². The van der Waals surface area contributed by atoms with E-state index >= 15 is 0 Å². The molecule has 7 heteroatoms. The van der Waals surface area contributed by atoms with E-state index in [2.05, 4.69) is 5.32 Å². The van der Waals surface area contributed by atoms with Crippen LogP contribution >= 0.6 is 0 Å². The van der Waals surface area contributed by atoms with E-state index in [0.717, 1.165) is 0 Å². The molecule has 0 aromatic rings. The molecule has 1 saturated heterocycles. The van der Waals surface area contributed by atoms with E-state index in [4.69, 9.17) is 5.11 Å². The molecular formula is C13H23N3O4. The molecular weight excluding hydrogens is 262 g/mol. The number of likely N-dealkylation sites (tertiary alicyclic amines) is 1. The summed E-state index contributed by atoms with van der Waals surface area (Å²) in [6, 6.07) is -0.291. The maximum Gasteiger partial charge on any atom is 0.317 e. The molecule has 1 heterocycles. The summed E-state index contributed by atoms with van der Waals surface area (Å²) < 4.78 is 0. The van der Waals surface area contributed by atoms with Crippen molar-refractivity contribution in [2.75, 3.05) is 32.7 Å². The summed E-state index contributed by atoms with van der Waals surface area (Å²) in [5.74, 6) is -1.32. The summed E-state index contributed by atoms with van der Waals surface area (Å²) >= 11 is 0. The lowest BCUT2D eigenvalue weighted by Gasteiger charge is -2.20. The Kier molecular flexibility index (Phi) is 6.27. The molecule has 1 rings (SSSR count). The van der Waals surface area contributed by atoms with E-state index in [9.17, 15) is 14.4 Å². The lowest BCUT2D eigenvalue weighted by molar-refractivity contribution is -0.141. The lowest BCUT2D eigenvalue weighted by atomic mass is 10.1. The Morgan fingerprint density at radius 3 is 2.45 bits per heavy atom. The molecule has 3 amide bonds. The third-order valence-electron chi connectivity index (χ3n) is 3.56. The molecule has 1 aliphatic rings. The smallest absolute Gasteiger partial charge is 0.317 e. The quantitative estimate of drug-likeness (QED) is 0.737. The van der Waals surface area contributed by atoms with Gasteiger partial charge >= 0.3 is 12.0 Å². The van der Waals surface area contributed by atoms with Gasteiger partial charge in [-0.3, -0.25) is 9.59 Å². The molecule has 0 radical (unpaired) electrons. The molecule has 0 aromatic heterocycles. The highest BCUT2D eigenvalue weighted by molar-refractivity contribution is 5.79. The van der Waals surface area contributed by atoms with E-state index in [1.165, 1.54) is 4.90 Å². The number of nitrogens with zero attached hydrogens (tertiary/aromatic N) is 2. The second-order valence-electron chi connectivity index (χ2n) is 4.82. The number of urea groups is 1. The van der Waals surface area contributed by atoms with Crippen LogP contribution in [0.4, 0.5) is 4.79 Å². The minimum Gasteiger partial charge on any atom is -0.481 e. The first kappa shape index (κ1) is 16.3. The van der Waals surface area contributed by atoms with Crippen LogP contribution in [-0.4, -0.2) is 65.5 Å². The molecule has 1 aliphatic heterocycles. The number of hydrogen-bond donors (Lipinski definition) is 2. The molecule has 7 nitrogen and oxygen atoms in total. The fourth-order valence-electron chi connectivity index (χ4n) is 2.27. The predicted molar refractivity (Wildman–Crippen MR) is 73.3 cm³/mol. The Balaban J connectivity index is 2.27. The van der Waals surface area contributed by atoms with Crippen LogP contribution in [0.1, 0.15) is 26.7 Å². The van der Waals surface area contributed by atoms with E-state index in [1.54, 1.807) is 4.90 Å². The number of hydrogen-bond acceptors (Lipinski definition) is 3. The number of aliphatic carboxylic acids is 1. The molecule has 0 bridgehead atoms. The first-order valence-corrected chi connectivity index (χ1v) is 7.02. The molecule has 0 saturated carbocycles. The van der Waals surface area contributed by atoms with Crippen molar-refractivity contribution >= 4 is 17.9 Å². The van der Waals surface area contributed by atoms with Crippen LogP contribution in [0.2, 0.25) is 0 Å². The van der Waals surface area contributed by atoms with Gasteiger partial charge in [0.05, 0.1) is 5.92 Å². The van der Waals surface area contributed by atoms with Gasteiger partial charge < -0.3 is 20.2 Å². The second kappa shape index (κ2) is 7.72. The number of amides is 3. The highest BCUT2D eigenvalue weighted by Crippen LogP contribution is 2.15. The molecule has 1 fully saturated rings. The zero-order valence-electron chi connectivity index (χ0n) is 12.1. The van der Waals surface area contributed by atoms with Crippen LogP contribution in [0.15, 0.2) is 0 Å². The summed E-state index contributed by atoms with van der Waals surface area (Å²) in [6.45, 7) is 6.12. The van der Waals surface area contributed by atoms with Crippen molar-refractivity contribution in [3.8, 4) is 0 Å². The van der Waals surface area contributed by atoms with Crippen molar-refractivity contribution in [2.45, 2.75) is 26.7 Å². The lowest BCUT2D eigenvalue weighted by Crippen LogP contribution is -2.41. The molecule has 1 unspecified atom stereocenters. The summed E-state index contributed by atoms with van der Waals surface area (Å²) in [5.41, 5.74) is 0. The number of nitrogens with one attached hydrogen (secondary N) is 1. The first-order chi connectivity index (χ1) is 9.49. The maximum atomic E-state index is 11.8. The van der Waals surface area contributed by atoms with Crippen molar-refractivity contribution in [3.05, 3.63) is 0 Å². The minimum absolute atomic E-state index is 0.0140. The Morgan fingerprint density at radius 1 is 1.30 bits per heavy atom. The Labute approximate surface area is 118 Å². The number of rotatable bonds is 6. The van der Waals surface area contributed by atoms with Crippen LogP contribution < -0.4 is 5.32 Å². The molecule has 2 N–H and O–H groups in total. The highest BCUT2D eigenvalue weighted by atomic mass is 16.4. The Bertz CT molecular complexity index is 369. The van der Waals surface area contributed by atoms with Gasteiger partial charge in [-0.1, -0.05) is 0 Å². The predicted octanol–water partition coefficient (Wildman–Crippen LogP) is 0.361. The summed E-state index contributed by atoms with van der Waals surface area (Å²) in [6.07, 6.45) is 0.755. The molecule has 0 spiro atoms. The molecule has 0 aliphatic carbocycles. The van der Waals surface area contributed by atoms with Crippen molar-refractivity contribution in [1.29, 1.82) is 0 Å². The van der Waals surface area contributed by atoms with Gasteiger partial charge in [0.1, 0.15) is 0 Å². The van der Waals surface area contributed by atoms with Crippen LogP contribution in [-0.2, 0) is 9.59 Å². The fraction of sp³-hybridized carbons (Fsp3) is 0.769. The second-order valence-corrected chi connectivity index (χ2v) is 4.82. The topological polar surface area (TPSA) is 90.0 Å². The van der Waals surface area contributed by atoms with Gasteiger partial charge in [0.15, 0.2) is 0 Å². The first-order valence-electron chi connectivity index (χ1n) is 7.02. The fourth-order valence-corrected chi connectivity index (χ4v) is 2.27. The average Bonchev–Trinajstić information content (AvgIpc) is 2.89. The number of carbonyl (C=O) groups is 3. The van der Waals surface area contributed by atoms with Crippen molar-refractivity contribution < 1.29 is 19.5 Å². The van der Waals surface area contributed by atoms with Crippen molar-refractivity contribution in [2.24, 2.45) is 5.92 Å². The van der Waals surface area contributed by atoms with Crippen LogP contribution in [0.3, 0.4) is 0 Å². The number of carboxylic acids is 1. The maximum absolute atomic E-state index is 11.8. The molecule has 114 valence electrons. The van der Waals surface area contributed by atoms with Gasteiger partial charge in [-0.15, -0.1) is 0 Å². The van der Waals surface area contributed by atoms with Gasteiger partial charge in [0, 0.05) is 39.1 Å². The summed E-state index contributed by atoms with van der Waals surface area (Å²) in [7, 11) is 0. The molecule has 20 heavy (non-hydrogen) atoms. The van der Waals surface area contributed by atoms with Gasteiger partial charge in [-0.05, 0) is 20.3 Å². The van der Waals surface area contributed by atoms with E-state index in [-0.39, 0.29) is 31.4 Å². The van der Waals surface area contributed by atoms with Crippen LogP contribution in [0, 0.1) is 5.92 Å². The minimum atomic E-state index is -0.864. The summed E-state index contributed by atoms with van der Waals surface area (Å²) in [5, 5.41) is 11.5. The number of carboxylic acid groups (broad SMARTS) is 1. The Hall–Kier alpha value is -1.79. The van der Waals surface area contributed by atoms with Crippen LogP contribution in [0.5, 0.6) is 0 Å². The normalized spacial score (nSPS) is 17.9. The van der Waals surface area contributed by atoms with Gasteiger partial charge in [-0.25, -0.2) is 4.79 Å². The SMILES string of the molecule is CCN(CC)C(=O)CCNC(=O)N1CCC(C(=O)O)C1. The number of carbonyl (C=O) groups excluding carboxylic acids is 2. The molecule has 0 aromatic carbocycles. The van der Waals surface area contributed by atoms with E-state index in [1.807, 2.05) is 13.8 Å². The zero-order valence-corrected chi connectivity index (χ0v) is 12.1. The molecule has 1 atom stereocenters. The highest BCUT2D eigenvalue weighted by Gasteiger charge is 2.30. The third-order valence-corrected chi connectivity index (χ3v) is 3.56. The Morgan fingerprint density at radius 2 is 1.95 bits per heavy atom. The van der Waals surface area contributed by atoms with E-state index < -0.39 is 11.9 Å². The standard InChI is InChI=1S/C13H23N3O4/c1-3-15(4-2)11(17)5-7-14-13(20)16-8-6-10(9-16)12(18)19/h10H,3-9H2,1-2H3,(H,14,20)(H,18,19). The van der Waals surface area contributed by atoms with Gasteiger partial charge in [0.2, 0.25) is 5.91 Å².